The number of nitrogens with zero attached hydrogens (tertiary/aromatic N) is 2. The summed E-state index contributed by atoms with van der Waals surface area (Å²) in [5.74, 6) is 2.26. The first kappa shape index (κ1) is 22.7. The van der Waals surface area contributed by atoms with Crippen LogP contribution < -0.4 is 15.4 Å². The van der Waals surface area contributed by atoms with E-state index in [1.165, 1.54) is 16.0 Å². The molecule has 2 aliphatic heterocycles. The number of likely N-dealkylation sites (tertiary alicyclic amines) is 1. The van der Waals surface area contributed by atoms with Gasteiger partial charge in [0.05, 0.1) is 13.2 Å². The molecule has 1 fully saturated rings. The second-order valence-electron chi connectivity index (χ2n) is 8.10. The van der Waals surface area contributed by atoms with Gasteiger partial charge in [-0.2, -0.15) is 13.2 Å². The van der Waals surface area contributed by atoms with Crippen LogP contribution in [0.4, 0.5) is 13.2 Å². The largest absolute Gasteiger partial charge is 0.493 e. The molecule has 168 valence electrons. The van der Waals surface area contributed by atoms with E-state index in [1.54, 1.807) is 0 Å². The Kier molecular flexibility index (Phi) is 8.24. The van der Waals surface area contributed by atoms with Crippen LogP contribution in [0, 0.1) is 5.92 Å². The third-order valence-corrected chi connectivity index (χ3v) is 5.72. The number of aliphatic imine (C=N–C) groups is 1. The third-order valence-electron chi connectivity index (χ3n) is 5.72. The molecular formula is C22H33F3N4O. The number of hydrogen-bond acceptors (Lipinski definition) is 3. The molecule has 1 aromatic rings. The second kappa shape index (κ2) is 10.9. The van der Waals surface area contributed by atoms with Crippen molar-refractivity contribution in [2.75, 3.05) is 45.9 Å². The van der Waals surface area contributed by atoms with Gasteiger partial charge in [-0.15, -0.1) is 0 Å². The van der Waals surface area contributed by atoms with Crippen molar-refractivity contribution in [2.24, 2.45) is 10.9 Å². The molecule has 8 heteroatoms. The molecule has 0 amide bonds. The van der Waals surface area contributed by atoms with Gasteiger partial charge in [-0.25, -0.2) is 0 Å². The van der Waals surface area contributed by atoms with E-state index < -0.39 is 12.7 Å². The molecule has 0 bridgehead atoms. The number of fused-ring (bicyclic) bond motifs is 1. The van der Waals surface area contributed by atoms with Crippen molar-refractivity contribution in [1.29, 1.82) is 0 Å². The maximum absolute atomic E-state index is 12.5. The fourth-order valence-corrected chi connectivity index (χ4v) is 4.11. The summed E-state index contributed by atoms with van der Waals surface area (Å²) in [6.07, 6.45) is 0.346. The van der Waals surface area contributed by atoms with Gasteiger partial charge < -0.3 is 15.4 Å². The summed E-state index contributed by atoms with van der Waals surface area (Å²) < 4.78 is 43.0. The highest BCUT2D eigenvalue weighted by molar-refractivity contribution is 5.79. The molecule has 0 saturated carbocycles. The fraction of sp³-hybridized carbons (Fsp3) is 0.682. The summed E-state index contributed by atoms with van der Waals surface area (Å²) in [5, 5.41) is 6.65. The number of ether oxygens (including phenoxy) is 1. The fourth-order valence-electron chi connectivity index (χ4n) is 4.11. The lowest BCUT2D eigenvalue weighted by Gasteiger charge is -2.32. The quantitative estimate of drug-likeness (QED) is 0.494. The highest BCUT2D eigenvalue weighted by atomic mass is 19.4. The van der Waals surface area contributed by atoms with Crippen LogP contribution in [0.1, 0.15) is 37.3 Å². The zero-order chi connectivity index (χ0) is 21.4. The summed E-state index contributed by atoms with van der Waals surface area (Å²) in [4.78, 5) is 6.17. The molecule has 0 aliphatic carbocycles. The van der Waals surface area contributed by atoms with Gasteiger partial charge in [0.2, 0.25) is 0 Å². The van der Waals surface area contributed by atoms with Crippen molar-refractivity contribution in [3.63, 3.8) is 0 Å². The average Bonchev–Trinajstić information content (AvgIpc) is 3.16. The van der Waals surface area contributed by atoms with Crippen molar-refractivity contribution in [3.05, 3.63) is 29.3 Å². The molecule has 3 rings (SSSR count). The van der Waals surface area contributed by atoms with Crippen LogP contribution in [0.2, 0.25) is 0 Å². The summed E-state index contributed by atoms with van der Waals surface area (Å²) in [7, 11) is 0. The lowest BCUT2D eigenvalue weighted by atomic mass is 9.93. The van der Waals surface area contributed by atoms with E-state index in [2.05, 4.69) is 33.8 Å². The Balaban J connectivity index is 1.37. The number of benzene rings is 1. The highest BCUT2D eigenvalue weighted by Crippen LogP contribution is 2.26. The van der Waals surface area contributed by atoms with E-state index >= 15 is 0 Å². The van der Waals surface area contributed by atoms with Crippen molar-refractivity contribution < 1.29 is 17.9 Å². The van der Waals surface area contributed by atoms with E-state index in [9.17, 15) is 13.2 Å². The van der Waals surface area contributed by atoms with Crippen LogP contribution in [0.15, 0.2) is 23.2 Å². The molecule has 2 heterocycles. The van der Waals surface area contributed by atoms with Gasteiger partial charge >= 0.3 is 6.18 Å². The number of alkyl halides is 3. The van der Waals surface area contributed by atoms with Gasteiger partial charge in [0.25, 0.3) is 0 Å². The number of nitrogens with one attached hydrogen (secondary N) is 2. The molecule has 2 aliphatic rings. The maximum atomic E-state index is 12.5. The van der Waals surface area contributed by atoms with Crippen molar-refractivity contribution >= 4 is 5.96 Å². The third kappa shape index (κ3) is 7.38. The SMILES string of the molecule is CCNC(=NCCC1CCN(CC(F)(F)F)CC1)NCCc1ccc2c(c1)CCO2. The monoisotopic (exact) mass is 426 g/mol. The van der Waals surface area contributed by atoms with Crippen molar-refractivity contribution in [3.8, 4) is 5.75 Å². The molecule has 0 aromatic heterocycles. The maximum Gasteiger partial charge on any atom is 0.401 e. The number of piperidine rings is 1. The summed E-state index contributed by atoms with van der Waals surface area (Å²) in [5.41, 5.74) is 2.57. The van der Waals surface area contributed by atoms with Crippen LogP contribution in [-0.4, -0.2) is 62.9 Å². The first-order valence-electron chi connectivity index (χ1n) is 11.0. The molecule has 1 aromatic carbocycles. The Labute approximate surface area is 177 Å². The highest BCUT2D eigenvalue weighted by Gasteiger charge is 2.32. The summed E-state index contributed by atoms with van der Waals surface area (Å²) >= 11 is 0. The molecule has 2 N–H and O–H groups in total. The van der Waals surface area contributed by atoms with Gasteiger partial charge in [-0.1, -0.05) is 12.1 Å². The van der Waals surface area contributed by atoms with E-state index in [1.807, 2.05) is 6.92 Å². The molecule has 1 saturated heterocycles. The lowest BCUT2D eigenvalue weighted by molar-refractivity contribution is -0.148. The van der Waals surface area contributed by atoms with Gasteiger partial charge in [0.15, 0.2) is 5.96 Å². The van der Waals surface area contributed by atoms with Gasteiger partial charge in [0.1, 0.15) is 5.75 Å². The predicted octanol–water partition coefficient (Wildman–Crippen LogP) is 3.38. The molecule has 0 atom stereocenters. The van der Waals surface area contributed by atoms with Crippen LogP contribution in [0.3, 0.4) is 0 Å². The van der Waals surface area contributed by atoms with Gasteiger partial charge in [-0.3, -0.25) is 9.89 Å². The molecular weight excluding hydrogens is 393 g/mol. The molecule has 0 radical (unpaired) electrons. The molecule has 0 spiro atoms. The zero-order valence-corrected chi connectivity index (χ0v) is 17.7. The first-order chi connectivity index (χ1) is 14.4. The van der Waals surface area contributed by atoms with Crippen LogP contribution in [-0.2, 0) is 12.8 Å². The number of hydrogen-bond donors (Lipinski definition) is 2. The van der Waals surface area contributed by atoms with Crippen LogP contribution in [0.25, 0.3) is 0 Å². The molecule has 5 nitrogen and oxygen atoms in total. The average molecular weight is 427 g/mol. The van der Waals surface area contributed by atoms with E-state index in [0.29, 0.717) is 25.6 Å². The number of rotatable bonds is 8. The Hall–Kier alpha value is -1.96. The Morgan fingerprint density at radius 2 is 2.03 bits per heavy atom. The Morgan fingerprint density at radius 3 is 2.77 bits per heavy atom. The minimum atomic E-state index is -4.10. The van der Waals surface area contributed by atoms with E-state index in [4.69, 9.17) is 4.74 Å². The number of guanidine groups is 1. The molecule has 30 heavy (non-hydrogen) atoms. The van der Waals surface area contributed by atoms with Crippen molar-refractivity contribution in [1.82, 2.24) is 15.5 Å². The van der Waals surface area contributed by atoms with Gasteiger partial charge in [-0.05, 0) is 68.8 Å². The molecule has 0 unspecified atom stereocenters. The Morgan fingerprint density at radius 1 is 1.23 bits per heavy atom. The lowest BCUT2D eigenvalue weighted by Crippen LogP contribution is -2.40. The normalized spacial score (nSPS) is 18.2. The van der Waals surface area contributed by atoms with Gasteiger partial charge in [0, 0.05) is 26.1 Å². The van der Waals surface area contributed by atoms with E-state index in [0.717, 1.165) is 63.5 Å². The summed E-state index contributed by atoms with van der Waals surface area (Å²) in [6.45, 7) is 5.35. The standard InChI is InChI=1S/C22H33F3N4O/c1-2-26-21(28-11-6-18-3-4-20-19(15-18)9-14-30-20)27-10-5-17-7-12-29(13-8-17)16-22(23,24)25/h3-4,15,17H,2,5-14,16H2,1H3,(H2,26,27,28). The second-order valence-corrected chi connectivity index (χ2v) is 8.10. The number of halogens is 3. The Bertz CT molecular complexity index is 700. The van der Waals surface area contributed by atoms with Crippen molar-refractivity contribution in [2.45, 2.75) is 45.2 Å². The summed E-state index contributed by atoms with van der Waals surface area (Å²) in [6, 6.07) is 6.39. The first-order valence-corrected chi connectivity index (χ1v) is 11.0. The minimum absolute atomic E-state index is 0.453. The van der Waals surface area contributed by atoms with E-state index in [-0.39, 0.29) is 0 Å². The minimum Gasteiger partial charge on any atom is -0.493 e. The smallest absolute Gasteiger partial charge is 0.401 e. The van der Waals surface area contributed by atoms with Crippen LogP contribution >= 0.6 is 0 Å². The topological polar surface area (TPSA) is 48.9 Å². The predicted molar refractivity (Wildman–Crippen MR) is 113 cm³/mol. The zero-order valence-electron chi connectivity index (χ0n) is 17.7. The van der Waals surface area contributed by atoms with Crippen LogP contribution in [0.5, 0.6) is 5.75 Å².